The number of rotatable bonds is 8. The second-order valence-electron chi connectivity index (χ2n) is 7.81. The largest absolute Gasteiger partial charge is 0.436 e. The first-order valence-corrected chi connectivity index (χ1v) is 11.0. The summed E-state index contributed by atoms with van der Waals surface area (Å²) in [4.78, 5) is 23.5. The number of nitrogens with one attached hydrogen (secondary N) is 1. The topological polar surface area (TPSA) is 76.6 Å². The predicted octanol–water partition coefficient (Wildman–Crippen LogP) is 3.86. The maximum Gasteiger partial charge on any atom is 0.263 e. The first-order valence-electron chi connectivity index (χ1n) is 11.0. The Morgan fingerprint density at radius 3 is 2.53 bits per heavy atom. The number of aromatic nitrogens is 2. The second kappa shape index (κ2) is 10.7. The van der Waals surface area contributed by atoms with Crippen molar-refractivity contribution in [2.45, 2.75) is 25.8 Å². The van der Waals surface area contributed by atoms with Gasteiger partial charge in [0.25, 0.3) is 11.8 Å². The minimum atomic E-state index is -0.0920. The molecule has 2 aromatic carbocycles. The van der Waals surface area contributed by atoms with Gasteiger partial charge in [-0.25, -0.2) is 9.97 Å². The molecule has 166 valence electrons. The van der Waals surface area contributed by atoms with Crippen molar-refractivity contribution in [1.29, 1.82) is 0 Å². The molecule has 32 heavy (non-hydrogen) atoms. The molecule has 1 aromatic heterocycles. The van der Waals surface area contributed by atoms with Gasteiger partial charge in [-0.3, -0.25) is 4.79 Å². The maximum atomic E-state index is 12.6. The van der Waals surface area contributed by atoms with E-state index >= 15 is 0 Å². The van der Waals surface area contributed by atoms with Crippen molar-refractivity contribution in [1.82, 2.24) is 15.3 Å². The maximum absolute atomic E-state index is 12.6. The van der Waals surface area contributed by atoms with Gasteiger partial charge < -0.3 is 19.7 Å². The van der Waals surface area contributed by atoms with Crippen LogP contribution in [0.25, 0.3) is 0 Å². The van der Waals surface area contributed by atoms with Gasteiger partial charge in [-0.15, -0.1) is 0 Å². The third-order valence-electron chi connectivity index (χ3n) is 5.37. The lowest BCUT2D eigenvalue weighted by Crippen LogP contribution is -2.37. The molecule has 1 aliphatic rings. The summed E-state index contributed by atoms with van der Waals surface area (Å²) in [5.74, 6) is 1.66. The fraction of sp³-hybridized carbons (Fsp3) is 0.320. The summed E-state index contributed by atoms with van der Waals surface area (Å²) in [6.07, 6.45) is 5.08. The molecule has 2 heterocycles. The molecular formula is C25H28N4O3. The highest BCUT2D eigenvalue weighted by Crippen LogP contribution is 2.28. The minimum Gasteiger partial charge on any atom is -0.436 e. The van der Waals surface area contributed by atoms with E-state index in [1.807, 2.05) is 25.1 Å². The summed E-state index contributed by atoms with van der Waals surface area (Å²) in [7, 11) is 0. The molecule has 1 aliphatic heterocycles. The monoisotopic (exact) mass is 432 g/mol. The molecule has 0 unspecified atom stereocenters. The fourth-order valence-electron chi connectivity index (χ4n) is 3.58. The highest BCUT2D eigenvalue weighted by Gasteiger charge is 2.18. The number of hydrogen-bond acceptors (Lipinski definition) is 6. The molecule has 1 N–H and O–H groups in total. The van der Waals surface area contributed by atoms with Crippen LogP contribution in [-0.4, -0.2) is 48.2 Å². The number of aryl methyl sites for hydroxylation is 1. The molecule has 1 atom stereocenters. The molecule has 4 rings (SSSR count). The van der Waals surface area contributed by atoms with E-state index in [2.05, 4.69) is 32.3 Å². The summed E-state index contributed by atoms with van der Waals surface area (Å²) in [5.41, 5.74) is 1.87. The number of ether oxygens (including phenoxy) is 2. The molecule has 3 aromatic rings. The van der Waals surface area contributed by atoms with E-state index in [0.29, 0.717) is 36.2 Å². The van der Waals surface area contributed by atoms with Gasteiger partial charge in [0.1, 0.15) is 5.75 Å². The molecule has 0 aliphatic carbocycles. The zero-order chi connectivity index (χ0) is 22.2. The van der Waals surface area contributed by atoms with Gasteiger partial charge in [0.05, 0.1) is 13.2 Å². The second-order valence-corrected chi connectivity index (χ2v) is 7.81. The Bertz CT molecular complexity index is 1010. The van der Waals surface area contributed by atoms with Crippen LogP contribution in [0.4, 0.5) is 5.82 Å². The molecule has 0 saturated carbocycles. The van der Waals surface area contributed by atoms with Crippen LogP contribution in [-0.2, 0) is 11.2 Å². The number of carbonyl (C=O) groups is 1. The molecule has 1 fully saturated rings. The Labute approximate surface area is 188 Å². The van der Waals surface area contributed by atoms with Crippen LogP contribution in [0.5, 0.6) is 11.6 Å². The lowest BCUT2D eigenvalue weighted by Gasteiger charge is -2.28. The molecule has 0 spiro atoms. The Kier molecular flexibility index (Phi) is 7.30. The van der Waals surface area contributed by atoms with Crippen LogP contribution >= 0.6 is 0 Å². The van der Waals surface area contributed by atoms with Crippen LogP contribution in [0, 0.1) is 0 Å². The molecule has 7 nitrogen and oxygen atoms in total. The van der Waals surface area contributed by atoms with E-state index in [1.165, 1.54) is 5.56 Å². The third kappa shape index (κ3) is 5.82. The van der Waals surface area contributed by atoms with Crippen molar-refractivity contribution in [2.75, 3.05) is 31.2 Å². The van der Waals surface area contributed by atoms with Crippen molar-refractivity contribution in [3.8, 4) is 11.6 Å². The number of carbonyl (C=O) groups excluding carboxylic acids is 1. The van der Waals surface area contributed by atoms with Crippen LogP contribution in [0.3, 0.4) is 0 Å². The standard InChI is InChI=1S/C25H28N4O3/c1-19(7-8-20-5-3-2-4-6-20)28-24(30)21-9-11-22(12-10-21)32-25-23(26-13-14-27-25)29-15-17-31-18-16-29/h2-6,9-14,19H,7-8,15-18H2,1H3,(H,28,30)/t19-/m0/s1. The van der Waals surface area contributed by atoms with Crippen molar-refractivity contribution >= 4 is 11.7 Å². The number of anilines is 1. The summed E-state index contributed by atoms with van der Waals surface area (Å²) >= 11 is 0. The quantitative estimate of drug-likeness (QED) is 0.583. The van der Waals surface area contributed by atoms with E-state index in [9.17, 15) is 4.79 Å². The number of benzene rings is 2. The van der Waals surface area contributed by atoms with Gasteiger partial charge in [0, 0.05) is 37.1 Å². The summed E-state index contributed by atoms with van der Waals surface area (Å²) in [5, 5.41) is 3.07. The van der Waals surface area contributed by atoms with E-state index in [-0.39, 0.29) is 11.9 Å². The minimum absolute atomic E-state index is 0.0781. The van der Waals surface area contributed by atoms with Crippen LogP contribution in [0.2, 0.25) is 0 Å². The highest BCUT2D eigenvalue weighted by molar-refractivity contribution is 5.94. The van der Waals surface area contributed by atoms with Gasteiger partial charge >= 0.3 is 0 Å². The molecule has 7 heteroatoms. The SMILES string of the molecule is C[C@@H](CCc1ccccc1)NC(=O)c1ccc(Oc2nccnc2N2CCOCC2)cc1. The van der Waals surface area contributed by atoms with Gasteiger partial charge in [0.2, 0.25) is 0 Å². The number of morpholine rings is 1. The fourth-order valence-corrected chi connectivity index (χ4v) is 3.58. The van der Waals surface area contributed by atoms with Gasteiger partial charge in [-0.1, -0.05) is 30.3 Å². The number of nitrogens with zero attached hydrogens (tertiary/aromatic N) is 3. The molecule has 1 amide bonds. The molecular weight excluding hydrogens is 404 g/mol. The highest BCUT2D eigenvalue weighted by atomic mass is 16.5. The molecule has 0 radical (unpaired) electrons. The molecule has 1 saturated heterocycles. The average molecular weight is 433 g/mol. The first kappa shape index (κ1) is 21.8. The lowest BCUT2D eigenvalue weighted by molar-refractivity contribution is 0.0938. The lowest BCUT2D eigenvalue weighted by atomic mass is 10.1. The van der Waals surface area contributed by atoms with E-state index in [1.54, 1.807) is 36.7 Å². The predicted molar refractivity (Wildman–Crippen MR) is 123 cm³/mol. The van der Waals surface area contributed by atoms with Crippen molar-refractivity contribution in [3.05, 3.63) is 78.1 Å². The third-order valence-corrected chi connectivity index (χ3v) is 5.37. The van der Waals surface area contributed by atoms with Gasteiger partial charge in [-0.05, 0) is 49.6 Å². The average Bonchev–Trinajstić information content (AvgIpc) is 2.85. The zero-order valence-corrected chi connectivity index (χ0v) is 18.2. The Balaban J connectivity index is 1.33. The van der Waals surface area contributed by atoms with Crippen LogP contribution in [0.1, 0.15) is 29.3 Å². The summed E-state index contributed by atoms with van der Waals surface area (Å²) in [6.45, 7) is 4.83. The van der Waals surface area contributed by atoms with Crippen LogP contribution < -0.4 is 15.0 Å². The number of amides is 1. The molecule has 0 bridgehead atoms. The van der Waals surface area contributed by atoms with Crippen LogP contribution in [0.15, 0.2) is 67.0 Å². The Morgan fingerprint density at radius 2 is 1.78 bits per heavy atom. The summed E-state index contributed by atoms with van der Waals surface area (Å²) in [6, 6.07) is 17.5. The van der Waals surface area contributed by atoms with Gasteiger partial charge in [-0.2, -0.15) is 0 Å². The Hall–Kier alpha value is -3.45. The normalized spacial score (nSPS) is 14.6. The van der Waals surface area contributed by atoms with Crippen molar-refractivity contribution in [3.63, 3.8) is 0 Å². The van der Waals surface area contributed by atoms with Gasteiger partial charge in [0.15, 0.2) is 5.82 Å². The van der Waals surface area contributed by atoms with Crippen molar-refractivity contribution in [2.24, 2.45) is 0 Å². The van der Waals surface area contributed by atoms with E-state index in [0.717, 1.165) is 25.9 Å². The van der Waals surface area contributed by atoms with E-state index < -0.39 is 0 Å². The summed E-state index contributed by atoms with van der Waals surface area (Å²) < 4.78 is 11.4. The smallest absolute Gasteiger partial charge is 0.263 e. The van der Waals surface area contributed by atoms with Crippen molar-refractivity contribution < 1.29 is 14.3 Å². The van der Waals surface area contributed by atoms with E-state index in [4.69, 9.17) is 9.47 Å². The first-order chi connectivity index (χ1) is 15.7. The number of hydrogen-bond donors (Lipinski definition) is 1. The zero-order valence-electron chi connectivity index (χ0n) is 18.2. The Morgan fingerprint density at radius 1 is 1.06 bits per heavy atom.